The lowest BCUT2D eigenvalue weighted by Crippen LogP contribution is -2.38. The van der Waals surface area contributed by atoms with Gasteiger partial charge in [-0.05, 0) is 42.0 Å². The SMILES string of the molecule is CCCCOc1ccc(/C=C2/SC(N3CCOCC3)=NC2=O)cc1. The quantitative estimate of drug-likeness (QED) is 0.605. The number of thioether (sulfide) groups is 1. The molecule has 0 aromatic heterocycles. The molecule has 0 bridgehead atoms. The van der Waals surface area contributed by atoms with Gasteiger partial charge in [0.15, 0.2) is 5.17 Å². The number of aliphatic imine (C=N–C) groups is 1. The van der Waals surface area contributed by atoms with Crippen LogP contribution >= 0.6 is 11.8 Å². The maximum absolute atomic E-state index is 12.1. The molecule has 2 aliphatic rings. The molecule has 24 heavy (non-hydrogen) atoms. The Bertz CT molecular complexity index is 634. The molecule has 1 fully saturated rings. The van der Waals surface area contributed by atoms with Crippen molar-refractivity contribution in [2.75, 3.05) is 32.9 Å². The number of carbonyl (C=O) groups is 1. The van der Waals surface area contributed by atoms with Crippen LogP contribution in [0.25, 0.3) is 6.08 Å². The normalized spacial score (nSPS) is 19.7. The van der Waals surface area contributed by atoms with E-state index in [1.807, 2.05) is 30.3 Å². The summed E-state index contributed by atoms with van der Waals surface area (Å²) < 4.78 is 11.0. The first kappa shape index (κ1) is 17.0. The fourth-order valence-corrected chi connectivity index (χ4v) is 3.40. The molecule has 0 aliphatic carbocycles. The van der Waals surface area contributed by atoms with Crippen molar-refractivity contribution in [1.29, 1.82) is 0 Å². The van der Waals surface area contributed by atoms with Crippen molar-refractivity contribution in [1.82, 2.24) is 4.90 Å². The molecule has 1 aromatic rings. The predicted molar refractivity (Wildman–Crippen MR) is 97.2 cm³/mol. The fourth-order valence-electron chi connectivity index (χ4n) is 2.43. The van der Waals surface area contributed by atoms with Crippen molar-refractivity contribution < 1.29 is 14.3 Å². The first-order chi connectivity index (χ1) is 11.8. The average Bonchev–Trinajstić information content (AvgIpc) is 2.98. The fraction of sp³-hybridized carbons (Fsp3) is 0.444. The zero-order valence-electron chi connectivity index (χ0n) is 13.9. The van der Waals surface area contributed by atoms with Crippen molar-refractivity contribution in [3.05, 3.63) is 34.7 Å². The number of carbonyl (C=O) groups excluding carboxylic acids is 1. The van der Waals surface area contributed by atoms with Gasteiger partial charge >= 0.3 is 0 Å². The first-order valence-electron chi connectivity index (χ1n) is 8.34. The van der Waals surface area contributed by atoms with E-state index in [1.165, 1.54) is 11.8 Å². The molecule has 0 unspecified atom stereocenters. The van der Waals surface area contributed by atoms with E-state index in [4.69, 9.17) is 9.47 Å². The zero-order chi connectivity index (χ0) is 16.8. The molecule has 1 saturated heterocycles. The molecule has 2 aliphatic heterocycles. The Labute approximate surface area is 146 Å². The van der Waals surface area contributed by atoms with Crippen LogP contribution in [0, 0.1) is 0 Å². The van der Waals surface area contributed by atoms with Crippen molar-refractivity contribution >= 4 is 28.9 Å². The number of rotatable bonds is 5. The van der Waals surface area contributed by atoms with Crippen molar-refractivity contribution in [2.24, 2.45) is 4.99 Å². The summed E-state index contributed by atoms with van der Waals surface area (Å²) in [5.74, 6) is 0.700. The molecular formula is C18H22N2O3S. The second kappa shape index (κ2) is 8.35. The molecule has 0 radical (unpaired) electrons. The van der Waals surface area contributed by atoms with Crippen LogP contribution in [0.15, 0.2) is 34.2 Å². The second-order valence-electron chi connectivity index (χ2n) is 5.68. The van der Waals surface area contributed by atoms with Crippen LogP contribution in [0.4, 0.5) is 0 Å². The Morgan fingerprint density at radius 1 is 1.29 bits per heavy atom. The van der Waals surface area contributed by atoms with Gasteiger partial charge in [-0.25, -0.2) is 0 Å². The summed E-state index contributed by atoms with van der Waals surface area (Å²) in [6, 6.07) is 7.81. The van der Waals surface area contributed by atoms with Gasteiger partial charge in [0, 0.05) is 13.1 Å². The lowest BCUT2D eigenvalue weighted by Gasteiger charge is -2.27. The summed E-state index contributed by atoms with van der Waals surface area (Å²) in [6.07, 6.45) is 4.06. The molecule has 1 aromatic carbocycles. The number of unbranched alkanes of at least 4 members (excludes halogenated alkanes) is 1. The molecule has 6 heteroatoms. The van der Waals surface area contributed by atoms with E-state index in [-0.39, 0.29) is 5.91 Å². The Kier molecular flexibility index (Phi) is 5.93. The van der Waals surface area contributed by atoms with E-state index < -0.39 is 0 Å². The number of hydrogen-bond acceptors (Lipinski definition) is 5. The Balaban J connectivity index is 1.61. The van der Waals surface area contributed by atoms with E-state index in [0.29, 0.717) is 18.1 Å². The standard InChI is InChI=1S/C18H22N2O3S/c1-2-3-10-23-15-6-4-14(5-7-15)13-16-17(21)19-18(24-16)20-8-11-22-12-9-20/h4-7,13H,2-3,8-12H2,1H3/b16-13+. The molecule has 0 spiro atoms. The topological polar surface area (TPSA) is 51.1 Å². The molecular weight excluding hydrogens is 324 g/mol. The molecule has 2 heterocycles. The summed E-state index contributed by atoms with van der Waals surface area (Å²) in [5.41, 5.74) is 0.979. The van der Waals surface area contributed by atoms with Crippen LogP contribution < -0.4 is 4.74 Å². The van der Waals surface area contributed by atoms with Crippen LogP contribution in [-0.4, -0.2) is 48.9 Å². The summed E-state index contributed by atoms with van der Waals surface area (Å²) in [5, 5.41) is 0.786. The molecule has 3 rings (SSSR count). The highest BCUT2D eigenvalue weighted by Gasteiger charge is 2.26. The van der Waals surface area contributed by atoms with Gasteiger partial charge in [0.2, 0.25) is 0 Å². The zero-order valence-corrected chi connectivity index (χ0v) is 14.7. The van der Waals surface area contributed by atoms with E-state index in [1.54, 1.807) is 0 Å². The Morgan fingerprint density at radius 2 is 2.04 bits per heavy atom. The molecule has 0 saturated carbocycles. The van der Waals surface area contributed by atoms with E-state index in [9.17, 15) is 4.79 Å². The highest BCUT2D eigenvalue weighted by molar-refractivity contribution is 8.18. The Hall–Kier alpha value is -1.79. The van der Waals surface area contributed by atoms with Gasteiger partial charge < -0.3 is 14.4 Å². The van der Waals surface area contributed by atoms with Gasteiger partial charge in [-0.2, -0.15) is 4.99 Å². The minimum absolute atomic E-state index is 0.162. The van der Waals surface area contributed by atoms with Gasteiger partial charge in [-0.3, -0.25) is 4.79 Å². The number of amidine groups is 1. The Morgan fingerprint density at radius 3 is 2.75 bits per heavy atom. The third-order valence-electron chi connectivity index (χ3n) is 3.84. The van der Waals surface area contributed by atoms with Crippen molar-refractivity contribution in [3.8, 4) is 5.75 Å². The van der Waals surface area contributed by atoms with Crippen LogP contribution in [0.3, 0.4) is 0 Å². The molecule has 5 nitrogen and oxygen atoms in total. The van der Waals surface area contributed by atoms with E-state index >= 15 is 0 Å². The minimum Gasteiger partial charge on any atom is -0.494 e. The van der Waals surface area contributed by atoms with Crippen molar-refractivity contribution in [2.45, 2.75) is 19.8 Å². The summed E-state index contributed by atoms with van der Waals surface area (Å²) >= 11 is 1.44. The highest BCUT2D eigenvalue weighted by atomic mass is 32.2. The predicted octanol–water partition coefficient (Wildman–Crippen LogP) is 3.17. The van der Waals surface area contributed by atoms with Gasteiger partial charge in [0.25, 0.3) is 5.91 Å². The maximum Gasteiger partial charge on any atom is 0.286 e. The molecule has 128 valence electrons. The van der Waals surface area contributed by atoms with Crippen molar-refractivity contribution in [3.63, 3.8) is 0 Å². The van der Waals surface area contributed by atoms with Gasteiger partial charge in [0.1, 0.15) is 5.75 Å². The van der Waals surface area contributed by atoms with Crippen LogP contribution in [0.5, 0.6) is 5.75 Å². The third-order valence-corrected chi connectivity index (χ3v) is 4.88. The molecule has 0 N–H and O–H groups in total. The summed E-state index contributed by atoms with van der Waals surface area (Å²) in [7, 11) is 0. The van der Waals surface area contributed by atoms with Crippen LogP contribution in [0.1, 0.15) is 25.3 Å². The largest absolute Gasteiger partial charge is 0.494 e. The molecule has 1 amide bonds. The number of morpholine rings is 1. The number of amides is 1. The number of hydrogen-bond donors (Lipinski definition) is 0. The smallest absolute Gasteiger partial charge is 0.286 e. The third kappa shape index (κ3) is 4.39. The van der Waals surface area contributed by atoms with Crippen LogP contribution in [0.2, 0.25) is 0 Å². The number of benzene rings is 1. The maximum atomic E-state index is 12.1. The van der Waals surface area contributed by atoms with Crippen LogP contribution in [-0.2, 0) is 9.53 Å². The second-order valence-corrected chi connectivity index (χ2v) is 6.69. The van der Waals surface area contributed by atoms with Gasteiger partial charge in [-0.15, -0.1) is 0 Å². The lowest BCUT2D eigenvalue weighted by molar-refractivity contribution is -0.113. The monoisotopic (exact) mass is 346 g/mol. The average molecular weight is 346 g/mol. The van der Waals surface area contributed by atoms with Gasteiger partial charge in [0.05, 0.1) is 24.7 Å². The summed E-state index contributed by atoms with van der Waals surface area (Å²) in [6.45, 7) is 5.83. The first-order valence-corrected chi connectivity index (χ1v) is 9.16. The molecule has 0 atom stereocenters. The highest BCUT2D eigenvalue weighted by Crippen LogP contribution is 2.30. The van der Waals surface area contributed by atoms with E-state index in [2.05, 4.69) is 16.8 Å². The van der Waals surface area contributed by atoms with Gasteiger partial charge in [-0.1, -0.05) is 25.5 Å². The number of nitrogens with zero attached hydrogens (tertiary/aromatic N) is 2. The van der Waals surface area contributed by atoms with E-state index in [0.717, 1.165) is 49.0 Å². The number of ether oxygens (including phenoxy) is 2. The lowest BCUT2D eigenvalue weighted by atomic mass is 10.2. The minimum atomic E-state index is -0.162. The summed E-state index contributed by atoms with van der Waals surface area (Å²) in [4.78, 5) is 19.1.